The minimum atomic E-state index is 0.0583. The van der Waals surface area contributed by atoms with E-state index in [0.717, 1.165) is 5.56 Å². The Labute approximate surface area is 114 Å². The molecule has 1 aromatic carbocycles. The van der Waals surface area contributed by atoms with Crippen LogP contribution in [-0.2, 0) is 4.79 Å². The number of rotatable bonds is 2. The second-order valence-electron chi connectivity index (χ2n) is 2.95. The number of hydrogen-bond acceptors (Lipinski definition) is 4. The quantitative estimate of drug-likeness (QED) is 0.470. The predicted octanol–water partition coefficient (Wildman–Crippen LogP) is 3.71. The number of aliphatic imine (C=N–C) groups is 1. The van der Waals surface area contributed by atoms with Gasteiger partial charge in [-0.2, -0.15) is 4.99 Å². The molecule has 86 valence electrons. The largest absolute Gasteiger partial charge is 0.288 e. The van der Waals surface area contributed by atoms with Crippen molar-refractivity contribution in [1.82, 2.24) is 0 Å². The van der Waals surface area contributed by atoms with Crippen molar-refractivity contribution in [2.75, 3.05) is 5.75 Å². The number of hydrogen-bond donors (Lipinski definition) is 0. The van der Waals surface area contributed by atoms with E-state index in [9.17, 15) is 4.79 Å². The summed E-state index contributed by atoms with van der Waals surface area (Å²) in [7, 11) is 0. The standard InChI is InChI=1S/C12H8ClNOS2/c1-9(15)17-6-2-3-10-4-5-12(14-8-16)11(13)7-10/h4-5,7H,6H2,1H3. The summed E-state index contributed by atoms with van der Waals surface area (Å²) in [4.78, 5) is 14.5. The van der Waals surface area contributed by atoms with Gasteiger partial charge < -0.3 is 0 Å². The number of carbonyl (C=O) groups excluding carboxylic acids is 1. The number of carbonyl (C=O) groups is 1. The highest BCUT2D eigenvalue weighted by atomic mass is 35.5. The Morgan fingerprint density at radius 3 is 2.94 bits per heavy atom. The highest BCUT2D eigenvalue weighted by molar-refractivity contribution is 8.13. The molecule has 5 heteroatoms. The van der Waals surface area contributed by atoms with Gasteiger partial charge in [0.2, 0.25) is 0 Å². The van der Waals surface area contributed by atoms with Crippen LogP contribution in [0.1, 0.15) is 12.5 Å². The third-order valence-corrected chi connectivity index (χ3v) is 2.78. The average molecular weight is 282 g/mol. The summed E-state index contributed by atoms with van der Waals surface area (Å²) in [6.45, 7) is 1.52. The topological polar surface area (TPSA) is 29.4 Å². The molecule has 0 amide bonds. The molecule has 2 nitrogen and oxygen atoms in total. The van der Waals surface area contributed by atoms with E-state index in [2.05, 4.69) is 34.2 Å². The molecule has 0 saturated carbocycles. The molecule has 0 aromatic heterocycles. The van der Waals surface area contributed by atoms with Crippen LogP contribution in [0.5, 0.6) is 0 Å². The lowest BCUT2D eigenvalue weighted by Crippen LogP contribution is -1.82. The van der Waals surface area contributed by atoms with E-state index in [1.54, 1.807) is 18.2 Å². The third-order valence-electron chi connectivity index (χ3n) is 1.69. The molecule has 0 radical (unpaired) electrons. The molecule has 0 aliphatic heterocycles. The molecule has 0 aliphatic rings. The summed E-state index contributed by atoms with van der Waals surface area (Å²) in [6, 6.07) is 5.23. The molecular weight excluding hydrogens is 274 g/mol. The Hall–Kier alpha value is -1.11. The maximum atomic E-state index is 10.7. The van der Waals surface area contributed by atoms with Gasteiger partial charge in [-0.3, -0.25) is 4.79 Å². The Morgan fingerprint density at radius 1 is 1.59 bits per heavy atom. The van der Waals surface area contributed by atoms with Gasteiger partial charge in [0.15, 0.2) is 5.12 Å². The van der Waals surface area contributed by atoms with Crippen molar-refractivity contribution in [1.29, 1.82) is 0 Å². The van der Waals surface area contributed by atoms with E-state index in [4.69, 9.17) is 11.6 Å². The van der Waals surface area contributed by atoms with Gasteiger partial charge in [0, 0.05) is 12.5 Å². The first-order chi connectivity index (χ1) is 8.13. The fourth-order valence-electron chi connectivity index (χ4n) is 1.00. The fraction of sp³-hybridized carbons (Fsp3) is 0.167. The summed E-state index contributed by atoms with van der Waals surface area (Å²) in [5.41, 5.74) is 1.35. The summed E-state index contributed by atoms with van der Waals surface area (Å²) < 4.78 is 0. The van der Waals surface area contributed by atoms with Crippen molar-refractivity contribution < 1.29 is 4.79 Å². The Morgan fingerprint density at radius 2 is 2.35 bits per heavy atom. The van der Waals surface area contributed by atoms with E-state index in [1.807, 2.05) is 0 Å². The van der Waals surface area contributed by atoms with Crippen LogP contribution in [-0.4, -0.2) is 16.0 Å². The lowest BCUT2D eigenvalue weighted by Gasteiger charge is -1.96. The lowest BCUT2D eigenvalue weighted by molar-refractivity contribution is -0.109. The summed E-state index contributed by atoms with van der Waals surface area (Å²) in [5, 5.41) is 2.79. The highest BCUT2D eigenvalue weighted by Crippen LogP contribution is 2.24. The van der Waals surface area contributed by atoms with E-state index < -0.39 is 0 Å². The van der Waals surface area contributed by atoms with Crippen molar-refractivity contribution in [3.63, 3.8) is 0 Å². The van der Waals surface area contributed by atoms with Crippen LogP contribution in [0, 0.1) is 11.8 Å². The maximum absolute atomic E-state index is 10.7. The predicted molar refractivity (Wildman–Crippen MR) is 76.2 cm³/mol. The summed E-state index contributed by atoms with van der Waals surface area (Å²) in [6.07, 6.45) is 0. The molecule has 0 saturated heterocycles. The monoisotopic (exact) mass is 281 g/mol. The van der Waals surface area contributed by atoms with Crippen LogP contribution < -0.4 is 0 Å². The third kappa shape index (κ3) is 5.16. The van der Waals surface area contributed by atoms with Gasteiger partial charge in [-0.1, -0.05) is 35.2 Å². The molecule has 17 heavy (non-hydrogen) atoms. The van der Waals surface area contributed by atoms with E-state index >= 15 is 0 Å². The molecular formula is C12H8ClNOS2. The second kappa shape index (κ2) is 7.26. The van der Waals surface area contributed by atoms with E-state index in [1.165, 1.54) is 18.7 Å². The van der Waals surface area contributed by atoms with Gasteiger partial charge in [0.05, 0.1) is 21.6 Å². The van der Waals surface area contributed by atoms with Crippen LogP contribution in [0.15, 0.2) is 23.2 Å². The molecule has 1 rings (SSSR count). The van der Waals surface area contributed by atoms with Gasteiger partial charge in [-0.05, 0) is 30.4 Å². The van der Waals surface area contributed by atoms with E-state index in [0.29, 0.717) is 16.5 Å². The average Bonchev–Trinajstić information content (AvgIpc) is 2.28. The van der Waals surface area contributed by atoms with Crippen molar-refractivity contribution in [2.45, 2.75) is 6.92 Å². The van der Waals surface area contributed by atoms with Gasteiger partial charge in [0.25, 0.3) is 0 Å². The van der Waals surface area contributed by atoms with Crippen LogP contribution >= 0.6 is 35.6 Å². The smallest absolute Gasteiger partial charge is 0.186 e. The van der Waals surface area contributed by atoms with Crippen LogP contribution in [0.25, 0.3) is 0 Å². The number of benzene rings is 1. The Balaban J connectivity index is 2.76. The number of thiocarbonyl (C=S) groups is 1. The molecule has 1 aromatic rings. The number of halogens is 1. The molecule has 0 fully saturated rings. The molecule has 0 heterocycles. The van der Waals surface area contributed by atoms with Crippen molar-refractivity contribution in [3.05, 3.63) is 28.8 Å². The van der Waals surface area contributed by atoms with Crippen molar-refractivity contribution in [2.24, 2.45) is 4.99 Å². The van der Waals surface area contributed by atoms with Gasteiger partial charge >= 0.3 is 0 Å². The molecule has 0 aliphatic carbocycles. The Bertz CT molecular complexity index is 539. The first kappa shape index (κ1) is 14.0. The summed E-state index contributed by atoms with van der Waals surface area (Å²) in [5.74, 6) is 6.27. The zero-order valence-electron chi connectivity index (χ0n) is 8.99. The van der Waals surface area contributed by atoms with Crippen molar-refractivity contribution >= 4 is 51.5 Å². The van der Waals surface area contributed by atoms with Crippen LogP contribution in [0.2, 0.25) is 5.02 Å². The highest BCUT2D eigenvalue weighted by Gasteiger charge is 1.98. The minimum absolute atomic E-state index is 0.0583. The van der Waals surface area contributed by atoms with Gasteiger partial charge in [0.1, 0.15) is 0 Å². The van der Waals surface area contributed by atoms with Crippen LogP contribution in [0.3, 0.4) is 0 Å². The Kier molecular flexibility index (Phi) is 5.96. The maximum Gasteiger partial charge on any atom is 0.186 e. The van der Waals surface area contributed by atoms with Gasteiger partial charge in [-0.15, -0.1) is 0 Å². The SMILES string of the molecule is CC(=O)SCC#Cc1ccc(N=C=S)c(Cl)c1. The van der Waals surface area contributed by atoms with E-state index in [-0.39, 0.29) is 5.12 Å². The molecule has 0 spiro atoms. The number of nitrogens with zero attached hydrogens (tertiary/aromatic N) is 1. The second-order valence-corrected chi connectivity index (χ2v) is 4.69. The normalized spacial score (nSPS) is 8.82. The van der Waals surface area contributed by atoms with Gasteiger partial charge in [-0.25, -0.2) is 0 Å². The number of isothiocyanates is 1. The molecule has 0 unspecified atom stereocenters. The lowest BCUT2D eigenvalue weighted by atomic mass is 10.2. The zero-order valence-corrected chi connectivity index (χ0v) is 11.4. The fourth-order valence-corrected chi connectivity index (χ4v) is 1.67. The molecule has 0 atom stereocenters. The number of thioether (sulfide) groups is 1. The van der Waals surface area contributed by atoms with Crippen molar-refractivity contribution in [3.8, 4) is 11.8 Å². The zero-order chi connectivity index (χ0) is 12.7. The van der Waals surface area contributed by atoms with Crippen LogP contribution in [0.4, 0.5) is 5.69 Å². The minimum Gasteiger partial charge on any atom is -0.288 e. The molecule has 0 bridgehead atoms. The summed E-state index contributed by atoms with van der Waals surface area (Å²) >= 11 is 11.6. The first-order valence-corrected chi connectivity index (χ1v) is 6.40. The first-order valence-electron chi connectivity index (χ1n) is 4.63. The molecule has 0 N–H and O–H groups in total.